The summed E-state index contributed by atoms with van der Waals surface area (Å²) in [4.78, 5) is 10.9. The van der Waals surface area contributed by atoms with Crippen molar-refractivity contribution < 1.29 is 19.0 Å². The maximum absolute atomic E-state index is 10.9. The Morgan fingerprint density at radius 1 is 1.07 bits per heavy atom. The number of rotatable bonds is 9. The summed E-state index contributed by atoms with van der Waals surface area (Å²) >= 11 is 0. The van der Waals surface area contributed by atoms with Gasteiger partial charge in [0, 0.05) is 13.2 Å². The van der Waals surface area contributed by atoms with Crippen LogP contribution in [0.4, 0.5) is 4.79 Å². The third-order valence-corrected chi connectivity index (χ3v) is 1.53. The molecule has 1 N–H and O–H groups in total. The average Bonchev–Trinajstić information content (AvgIpc) is 2.25. The molecule has 0 fully saturated rings. The first-order valence-electron chi connectivity index (χ1n) is 5.37. The Bertz CT molecular complexity index is 152. The predicted molar refractivity (Wildman–Crippen MR) is 57.0 cm³/mol. The predicted octanol–water partition coefficient (Wildman–Crippen LogP) is 1.18. The molecule has 0 bridgehead atoms. The highest BCUT2D eigenvalue weighted by Crippen LogP contribution is 1.82. The molecular formula is C10H21NO4. The van der Waals surface area contributed by atoms with Gasteiger partial charge in [-0.3, -0.25) is 0 Å². The van der Waals surface area contributed by atoms with Crippen LogP contribution < -0.4 is 5.32 Å². The van der Waals surface area contributed by atoms with Crippen molar-refractivity contribution in [3.63, 3.8) is 0 Å². The topological polar surface area (TPSA) is 56.8 Å². The van der Waals surface area contributed by atoms with E-state index in [0.29, 0.717) is 39.6 Å². The van der Waals surface area contributed by atoms with Crippen LogP contribution in [0, 0.1) is 0 Å². The molecule has 5 nitrogen and oxygen atoms in total. The van der Waals surface area contributed by atoms with Crippen LogP contribution in [0.5, 0.6) is 0 Å². The van der Waals surface area contributed by atoms with E-state index in [-0.39, 0.29) is 6.09 Å². The highest BCUT2D eigenvalue weighted by Gasteiger charge is 1.98. The Kier molecular flexibility index (Phi) is 10.7. The van der Waals surface area contributed by atoms with Crippen molar-refractivity contribution in [1.29, 1.82) is 0 Å². The van der Waals surface area contributed by atoms with Crippen molar-refractivity contribution in [2.45, 2.75) is 20.3 Å². The summed E-state index contributed by atoms with van der Waals surface area (Å²) in [6.45, 7) is 7.14. The lowest BCUT2D eigenvalue weighted by atomic mass is 10.5. The number of ether oxygens (including phenoxy) is 3. The van der Waals surface area contributed by atoms with Gasteiger partial charge >= 0.3 is 6.09 Å². The lowest BCUT2D eigenvalue weighted by molar-refractivity contribution is 0.0533. The maximum Gasteiger partial charge on any atom is 0.407 e. The molecule has 0 saturated heterocycles. The fraction of sp³-hybridized carbons (Fsp3) is 0.900. The Balaban J connectivity index is 3.06. The van der Waals surface area contributed by atoms with Crippen molar-refractivity contribution in [2.24, 2.45) is 0 Å². The summed E-state index contributed by atoms with van der Waals surface area (Å²) in [7, 11) is 0. The lowest BCUT2D eigenvalue weighted by Crippen LogP contribution is -2.28. The number of carbonyl (C=O) groups excluding carboxylic acids is 1. The molecule has 5 heteroatoms. The number of alkyl carbamates (subject to hydrolysis) is 1. The Labute approximate surface area is 91.1 Å². The van der Waals surface area contributed by atoms with Crippen LogP contribution in [-0.4, -0.2) is 45.7 Å². The first-order chi connectivity index (χ1) is 7.31. The summed E-state index contributed by atoms with van der Waals surface area (Å²) in [6.07, 6.45) is 0.448. The van der Waals surface area contributed by atoms with Gasteiger partial charge in [0.2, 0.25) is 0 Å². The standard InChI is InChI=1S/C10H21NO4/c1-3-6-15-10(12)11-5-7-14-9-8-13-4-2/h3-9H2,1-2H3,(H,11,12). The quantitative estimate of drug-likeness (QED) is 0.591. The molecule has 90 valence electrons. The molecule has 0 aliphatic carbocycles. The zero-order valence-corrected chi connectivity index (χ0v) is 9.58. The Morgan fingerprint density at radius 3 is 2.47 bits per heavy atom. The zero-order valence-electron chi connectivity index (χ0n) is 9.58. The van der Waals surface area contributed by atoms with E-state index in [4.69, 9.17) is 14.2 Å². The molecule has 0 aromatic rings. The number of hydrogen-bond donors (Lipinski definition) is 1. The first kappa shape index (κ1) is 14.2. The minimum absolute atomic E-state index is 0.384. The second kappa shape index (κ2) is 11.3. The van der Waals surface area contributed by atoms with E-state index in [0.717, 1.165) is 6.42 Å². The van der Waals surface area contributed by atoms with Crippen LogP contribution >= 0.6 is 0 Å². The first-order valence-corrected chi connectivity index (χ1v) is 5.37. The average molecular weight is 219 g/mol. The fourth-order valence-electron chi connectivity index (χ4n) is 0.835. The van der Waals surface area contributed by atoms with Gasteiger partial charge in [0.05, 0.1) is 26.4 Å². The Morgan fingerprint density at radius 2 is 1.80 bits per heavy atom. The molecule has 1 amide bonds. The van der Waals surface area contributed by atoms with Crippen LogP contribution in [0.3, 0.4) is 0 Å². The van der Waals surface area contributed by atoms with Crippen molar-refractivity contribution >= 4 is 6.09 Å². The van der Waals surface area contributed by atoms with Crippen LogP contribution in [0.2, 0.25) is 0 Å². The summed E-state index contributed by atoms with van der Waals surface area (Å²) in [5.74, 6) is 0. The van der Waals surface area contributed by atoms with E-state index in [9.17, 15) is 4.79 Å². The molecule has 0 unspecified atom stereocenters. The number of amides is 1. The molecule has 0 aromatic heterocycles. The third kappa shape index (κ3) is 11.1. The number of hydrogen-bond acceptors (Lipinski definition) is 4. The van der Waals surface area contributed by atoms with E-state index in [1.165, 1.54) is 0 Å². The molecule has 0 aliphatic rings. The zero-order chi connectivity index (χ0) is 11.4. The highest BCUT2D eigenvalue weighted by molar-refractivity contribution is 5.66. The van der Waals surface area contributed by atoms with Gasteiger partial charge in [0.1, 0.15) is 0 Å². The van der Waals surface area contributed by atoms with Crippen LogP contribution in [0.1, 0.15) is 20.3 Å². The van der Waals surface area contributed by atoms with Gasteiger partial charge in [-0.25, -0.2) is 4.79 Å². The minimum atomic E-state index is -0.384. The van der Waals surface area contributed by atoms with Crippen LogP contribution in [-0.2, 0) is 14.2 Å². The van der Waals surface area contributed by atoms with E-state index in [1.54, 1.807) is 0 Å². The van der Waals surface area contributed by atoms with E-state index < -0.39 is 0 Å². The van der Waals surface area contributed by atoms with Crippen molar-refractivity contribution in [3.05, 3.63) is 0 Å². The van der Waals surface area contributed by atoms with Crippen molar-refractivity contribution in [2.75, 3.05) is 39.6 Å². The third-order valence-electron chi connectivity index (χ3n) is 1.53. The van der Waals surface area contributed by atoms with Crippen LogP contribution in [0.25, 0.3) is 0 Å². The number of carbonyl (C=O) groups is 1. The summed E-state index contributed by atoms with van der Waals surface area (Å²) in [5, 5.41) is 2.58. The van der Waals surface area contributed by atoms with Gasteiger partial charge in [-0.15, -0.1) is 0 Å². The molecule has 0 atom stereocenters. The van der Waals surface area contributed by atoms with Gasteiger partial charge in [-0.1, -0.05) is 6.92 Å². The summed E-state index contributed by atoms with van der Waals surface area (Å²) in [5.41, 5.74) is 0. The molecule has 0 aliphatic heterocycles. The molecule has 0 radical (unpaired) electrons. The van der Waals surface area contributed by atoms with Gasteiger partial charge in [-0.05, 0) is 13.3 Å². The minimum Gasteiger partial charge on any atom is -0.450 e. The summed E-state index contributed by atoms with van der Waals surface area (Å²) < 4.78 is 15.1. The number of nitrogens with one attached hydrogen (secondary N) is 1. The fourth-order valence-corrected chi connectivity index (χ4v) is 0.835. The maximum atomic E-state index is 10.9. The molecule has 15 heavy (non-hydrogen) atoms. The van der Waals surface area contributed by atoms with Crippen molar-refractivity contribution in [3.8, 4) is 0 Å². The van der Waals surface area contributed by atoms with E-state index in [2.05, 4.69) is 5.32 Å². The molecule has 0 heterocycles. The van der Waals surface area contributed by atoms with Gasteiger partial charge < -0.3 is 19.5 Å². The Hall–Kier alpha value is -0.810. The largest absolute Gasteiger partial charge is 0.450 e. The highest BCUT2D eigenvalue weighted by atomic mass is 16.5. The van der Waals surface area contributed by atoms with Gasteiger partial charge in [0.25, 0.3) is 0 Å². The van der Waals surface area contributed by atoms with Gasteiger partial charge in [-0.2, -0.15) is 0 Å². The normalized spacial score (nSPS) is 10.0. The van der Waals surface area contributed by atoms with Crippen molar-refractivity contribution in [1.82, 2.24) is 5.32 Å². The monoisotopic (exact) mass is 219 g/mol. The molecule has 0 aromatic carbocycles. The van der Waals surface area contributed by atoms with E-state index in [1.807, 2.05) is 13.8 Å². The van der Waals surface area contributed by atoms with Crippen LogP contribution in [0.15, 0.2) is 0 Å². The molecular weight excluding hydrogens is 198 g/mol. The van der Waals surface area contributed by atoms with Gasteiger partial charge in [0.15, 0.2) is 0 Å². The SMILES string of the molecule is CCCOC(=O)NCCOCCOCC. The summed E-state index contributed by atoms with van der Waals surface area (Å²) in [6, 6.07) is 0. The van der Waals surface area contributed by atoms with E-state index >= 15 is 0 Å². The second-order valence-electron chi connectivity index (χ2n) is 2.87. The molecule has 0 rings (SSSR count). The molecule has 0 spiro atoms. The second-order valence-corrected chi connectivity index (χ2v) is 2.87. The molecule has 0 saturated carbocycles. The lowest BCUT2D eigenvalue weighted by Gasteiger charge is -2.06. The smallest absolute Gasteiger partial charge is 0.407 e.